The second kappa shape index (κ2) is 5.98. The Bertz CT molecular complexity index is 700. The second-order valence-corrected chi connectivity index (χ2v) is 4.59. The van der Waals surface area contributed by atoms with Gasteiger partial charge in [0.2, 0.25) is 0 Å². The van der Waals surface area contributed by atoms with Gasteiger partial charge in [-0.2, -0.15) is 0 Å². The molecule has 96 valence electrons. The van der Waals surface area contributed by atoms with Crippen LogP contribution in [0.2, 0.25) is 0 Å². The third-order valence-corrected chi connectivity index (χ3v) is 3.12. The van der Waals surface area contributed by atoms with Crippen molar-refractivity contribution < 1.29 is 0 Å². The lowest BCUT2D eigenvalue weighted by molar-refractivity contribution is 1.51. The third-order valence-electron chi connectivity index (χ3n) is 3.12. The summed E-state index contributed by atoms with van der Waals surface area (Å²) >= 11 is 0. The van der Waals surface area contributed by atoms with Crippen LogP contribution in [0.1, 0.15) is 5.56 Å². The zero-order chi connectivity index (χ0) is 13.6. The first kappa shape index (κ1) is 12.4. The lowest BCUT2D eigenvalue weighted by Gasteiger charge is -2.02. The Kier molecular flexibility index (Phi) is 3.70. The monoisotopic (exact) mass is 257 g/mol. The van der Waals surface area contributed by atoms with Gasteiger partial charge in [-0.05, 0) is 28.8 Å². The summed E-state index contributed by atoms with van der Waals surface area (Å²) in [6, 6.07) is 28.8. The van der Waals surface area contributed by atoms with Crippen molar-refractivity contribution in [3.8, 4) is 11.1 Å². The Labute approximate surface area is 119 Å². The van der Waals surface area contributed by atoms with E-state index in [4.69, 9.17) is 0 Å². The fourth-order valence-corrected chi connectivity index (χ4v) is 2.08. The largest absolute Gasteiger partial charge is 0.256 e. The molecule has 3 aromatic carbocycles. The van der Waals surface area contributed by atoms with E-state index in [1.807, 2.05) is 54.7 Å². The molecule has 0 bridgehead atoms. The van der Waals surface area contributed by atoms with E-state index in [0.29, 0.717) is 0 Å². The molecule has 0 atom stereocenters. The van der Waals surface area contributed by atoms with Crippen LogP contribution in [-0.2, 0) is 0 Å². The van der Waals surface area contributed by atoms with Crippen LogP contribution in [0.25, 0.3) is 11.1 Å². The summed E-state index contributed by atoms with van der Waals surface area (Å²) in [7, 11) is 0. The summed E-state index contributed by atoms with van der Waals surface area (Å²) in [6.45, 7) is 0. The molecule has 0 N–H and O–H groups in total. The van der Waals surface area contributed by atoms with Crippen molar-refractivity contribution in [2.24, 2.45) is 4.99 Å². The van der Waals surface area contributed by atoms with Crippen molar-refractivity contribution in [2.45, 2.75) is 0 Å². The summed E-state index contributed by atoms with van der Waals surface area (Å²) in [6.07, 6.45) is 1.89. The molecule has 0 aromatic heterocycles. The molecule has 0 amide bonds. The van der Waals surface area contributed by atoms with Gasteiger partial charge in [-0.25, -0.2) is 0 Å². The van der Waals surface area contributed by atoms with Crippen molar-refractivity contribution in [3.63, 3.8) is 0 Å². The van der Waals surface area contributed by atoms with Crippen molar-refractivity contribution in [2.75, 3.05) is 0 Å². The van der Waals surface area contributed by atoms with Crippen LogP contribution >= 0.6 is 0 Å². The van der Waals surface area contributed by atoms with E-state index in [-0.39, 0.29) is 0 Å². The van der Waals surface area contributed by atoms with Gasteiger partial charge >= 0.3 is 0 Å². The van der Waals surface area contributed by atoms with Gasteiger partial charge < -0.3 is 0 Å². The van der Waals surface area contributed by atoms with E-state index in [1.54, 1.807) is 0 Å². The Balaban J connectivity index is 1.87. The first-order valence-electron chi connectivity index (χ1n) is 6.66. The predicted octanol–water partition coefficient (Wildman–Crippen LogP) is 5.10. The number of aliphatic imine (C=N–C) groups is 1. The molecule has 20 heavy (non-hydrogen) atoms. The molecule has 1 heteroatoms. The van der Waals surface area contributed by atoms with Crippen LogP contribution in [0.4, 0.5) is 5.69 Å². The average Bonchev–Trinajstić information content (AvgIpc) is 2.55. The van der Waals surface area contributed by atoms with Crippen molar-refractivity contribution in [1.29, 1.82) is 0 Å². The van der Waals surface area contributed by atoms with Gasteiger partial charge in [-0.1, -0.05) is 72.8 Å². The first-order chi connectivity index (χ1) is 9.92. The van der Waals surface area contributed by atoms with Crippen molar-refractivity contribution in [3.05, 3.63) is 90.5 Å². The topological polar surface area (TPSA) is 12.4 Å². The maximum absolute atomic E-state index is 4.54. The van der Waals surface area contributed by atoms with Crippen molar-refractivity contribution in [1.82, 2.24) is 0 Å². The molecule has 0 aliphatic rings. The van der Waals surface area contributed by atoms with Gasteiger partial charge in [-0.3, -0.25) is 4.99 Å². The average molecular weight is 257 g/mol. The highest BCUT2D eigenvalue weighted by atomic mass is 14.7. The zero-order valence-corrected chi connectivity index (χ0v) is 11.1. The Morgan fingerprint density at radius 3 is 2.00 bits per heavy atom. The van der Waals surface area contributed by atoms with E-state index >= 15 is 0 Å². The highest BCUT2D eigenvalue weighted by molar-refractivity contribution is 5.82. The molecule has 0 saturated heterocycles. The molecule has 3 aromatic rings. The summed E-state index contributed by atoms with van der Waals surface area (Å²) in [4.78, 5) is 4.54. The van der Waals surface area contributed by atoms with E-state index in [0.717, 1.165) is 11.3 Å². The highest BCUT2D eigenvalue weighted by Gasteiger charge is 1.97. The molecule has 0 aliphatic carbocycles. The molecule has 0 heterocycles. The standard InChI is InChI=1S/C19H15N/c1-3-8-16(9-4-1)15-20-19-13-7-12-18(14-19)17-10-5-2-6-11-17/h1-15H. The molecule has 0 spiro atoms. The van der Waals surface area contributed by atoms with Crippen LogP contribution in [-0.4, -0.2) is 6.21 Å². The molecule has 1 nitrogen and oxygen atoms in total. The normalized spacial score (nSPS) is 10.8. The third kappa shape index (κ3) is 3.01. The van der Waals surface area contributed by atoms with E-state index < -0.39 is 0 Å². The Hall–Kier alpha value is -2.67. The first-order valence-corrected chi connectivity index (χ1v) is 6.66. The van der Waals surface area contributed by atoms with E-state index in [2.05, 4.69) is 41.4 Å². The van der Waals surface area contributed by atoms with Gasteiger partial charge in [0.05, 0.1) is 5.69 Å². The molecular weight excluding hydrogens is 242 g/mol. The molecule has 3 rings (SSSR count). The molecule has 0 radical (unpaired) electrons. The van der Waals surface area contributed by atoms with Crippen LogP contribution in [0.3, 0.4) is 0 Å². The smallest absolute Gasteiger partial charge is 0.0636 e. The maximum atomic E-state index is 4.54. The van der Waals surface area contributed by atoms with Gasteiger partial charge in [0.15, 0.2) is 0 Å². The van der Waals surface area contributed by atoms with Gasteiger partial charge in [0.1, 0.15) is 0 Å². The number of rotatable bonds is 3. The lowest BCUT2D eigenvalue weighted by atomic mass is 10.1. The SMILES string of the molecule is C(=Nc1cccc(-c2ccccc2)c1)c1ccccc1. The molecular formula is C19H15N. The minimum Gasteiger partial charge on any atom is -0.256 e. The predicted molar refractivity (Wildman–Crippen MR) is 85.6 cm³/mol. The number of hydrogen-bond acceptors (Lipinski definition) is 1. The number of benzene rings is 3. The zero-order valence-electron chi connectivity index (χ0n) is 11.1. The summed E-state index contributed by atoms with van der Waals surface area (Å²) in [5, 5.41) is 0. The number of hydrogen-bond donors (Lipinski definition) is 0. The molecule has 0 unspecified atom stereocenters. The summed E-state index contributed by atoms with van der Waals surface area (Å²) in [5.41, 5.74) is 4.48. The molecule has 0 aliphatic heterocycles. The quantitative estimate of drug-likeness (QED) is 0.578. The van der Waals surface area contributed by atoms with Crippen LogP contribution in [0.15, 0.2) is 89.9 Å². The molecule has 0 fully saturated rings. The van der Waals surface area contributed by atoms with Crippen molar-refractivity contribution >= 4 is 11.9 Å². The fraction of sp³-hybridized carbons (Fsp3) is 0. The Morgan fingerprint density at radius 2 is 1.25 bits per heavy atom. The minimum atomic E-state index is 0.968. The van der Waals surface area contributed by atoms with Crippen LogP contribution in [0.5, 0.6) is 0 Å². The Morgan fingerprint density at radius 1 is 0.600 bits per heavy atom. The van der Waals surface area contributed by atoms with E-state index in [9.17, 15) is 0 Å². The van der Waals surface area contributed by atoms with Gasteiger partial charge in [-0.15, -0.1) is 0 Å². The minimum absolute atomic E-state index is 0.968. The molecule has 0 saturated carbocycles. The lowest BCUT2D eigenvalue weighted by Crippen LogP contribution is -1.79. The van der Waals surface area contributed by atoms with Crippen LogP contribution < -0.4 is 0 Å². The fourth-order valence-electron chi connectivity index (χ4n) is 2.08. The second-order valence-electron chi connectivity index (χ2n) is 4.59. The van der Waals surface area contributed by atoms with E-state index in [1.165, 1.54) is 11.1 Å². The van der Waals surface area contributed by atoms with Gasteiger partial charge in [0, 0.05) is 6.21 Å². The highest BCUT2D eigenvalue weighted by Crippen LogP contribution is 2.23. The van der Waals surface area contributed by atoms with Gasteiger partial charge in [0.25, 0.3) is 0 Å². The number of nitrogens with zero attached hydrogens (tertiary/aromatic N) is 1. The maximum Gasteiger partial charge on any atom is 0.0636 e. The summed E-state index contributed by atoms with van der Waals surface area (Å²) in [5.74, 6) is 0. The van der Waals surface area contributed by atoms with Crippen LogP contribution in [0, 0.1) is 0 Å². The summed E-state index contributed by atoms with van der Waals surface area (Å²) < 4.78 is 0.